The van der Waals surface area contributed by atoms with Crippen LogP contribution in [0.3, 0.4) is 0 Å². The molecular weight excluding hydrogens is 383 g/mol. The minimum Gasteiger partial charge on any atom is -0.350 e. The summed E-state index contributed by atoms with van der Waals surface area (Å²) >= 11 is 0. The zero-order chi connectivity index (χ0) is 20.9. The molecule has 0 radical (unpaired) electrons. The summed E-state index contributed by atoms with van der Waals surface area (Å²) in [6.07, 6.45) is -0.651. The number of halogens is 3. The molecule has 0 unspecified atom stereocenters. The molecule has 0 fully saturated rings. The first-order valence-corrected chi connectivity index (χ1v) is 8.82. The van der Waals surface area contributed by atoms with Crippen LogP contribution in [0.4, 0.5) is 13.2 Å². The van der Waals surface area contributed by atoms with E-state index in [-0.39, 0.29) is 24.6 Å². The van der Waals surface area contributed by atoms with Gasteiger partial charge < -0.3 is 15.2 Å². The van der Waals surface area contributed by atoms with E-state index < -0.39 is 17.6 Å². The average Bonchev–Trinajstić information content (AvgIpc) is 3.25. The lowest BCUT2D eigenvalue weighted by atomic mass is 10.1. The number of amides is 2. The molecule has 3 aromatic rings. The third-order valence-corrected chi connectivity index (χ3v) is 4.20. The molecule has 0 aliphatic carbocycles. The lowest BCUT2D eigenvalue weighted by molar-refractivity contribution is -0.137. The van der Waals surface area contributed by atoms with E-state index in [0.29, 0.717) is 5.56 Å². The number of nitrogens with one attached hydrogen (secondary N) is 2. The second-order valence-electron chi connectivity index (χ2n) is 6.22. The number of aromatic nitrogens is 1. The minimum atomic E-state index is -4.45. The largest absolute Gasteiger partial charge is 0.416 e. The highest BCUT2D eigenvalue weighted by atomic mass is 19.4. The van der Waals surface area contributed by atoms with Gasteiger partial charge in [-0.05, 0) is 60.7 Å². The lowest BCUT2D eigenvalue weighted by Crippen LogP contribution is -2.34. The molecule has 2 N–H and O–H groups in total. The molecule has 3 rings (SSSR count). The van der Waals surface area contributed by atoms with E-state index in [1.807, 2.05) is 41.2 Å². The van der Waals surface area contributed by atoms with E-state index in [2.05, 4.69) is 10.6 Å². The smallest absolute Gasteiger partial charge is 0.350 e. The van der Waals surface area contributed by atoms with Crippen molar-refractivity contribution in [3.63, 3.8) is 0 Å². The molecule has 1 aromatic heterocycles. The molecule has 150 valence electrons. The van der Waals surface area contributed by atoms with Crippen molar-refractivity contribution in [1.29, 1.82) is 0 Å². The molecule has 8 heteroatoms. The Labute approximate surface area is 165 Å². The van der Waals surface area contributed by atoms with Crippen LogP contribution in [-0.4, -0.2) is 29.5 Å². The third kappa shape index (κ3) is 5.25. The van der Waals surface area contributed by atoms with E-state index in [9.17, 15) is 22.8 Å². The van der Waals surface area contributed by atoms with Crippen LogP contribution >= 0.6 is 0 Å². The lowest BCUT2D eigenvalue weighted by Gasteiger charge is -2.09. The number of carbonyl (C=O) groups is 2. The van der Waals surface area contributed by atoms with Crippen LogP contribution in [0.15, 0.2) is 73.1 Å². The van der Waals surface area contributed by atoms with Gasteiger partial charge in [0.15, 0.2) is 0 Å². The van der Waals surface area contributed by atoms with Gasteiger partial charge in [-0.1, -0.05) is 0 Å². The Morgan fingerprint density at radius 1 is 0.759 bits per heavy atom. The first kappa shape index (κ1) is 20.2. The van der Waals surface area contributed by atoms with Gasteiger partial charge in [-0.2, -0.15) is 13.2 Å². The molecule has 29 heavy (non-hydrogen) atoms. The Morgan fingerprint density at radius 2 is 1.21 bits per heavy atom. The van der Waals surface area contributed by atoms with Crippen molar-refractivity contribution < 1.29 is 22.8 Å². The number of hydrogen-bond donors (Lipinski definition) is 2. The van der Waals surface area contributed by atoms with Gasteiger partial charge in [-0.15, -0.1) is 0 Å². The van der Waals surface area contributed by atoms with Crippen LogP contribution in [-0.2, 0) is 6.18 Å². The van der Waals surface area contributed by atoms with Crippen molar-refractivity contribution in [1.82, 2.24) is 15.2 Å². The summed E-state index contributed by atoms with van der Waals surface area (Å²) < 4.78 is 39.5. The van der Waals surface area contributed by atoms with Gasteiger partial charge in [0.05, 0.1) is 5.56 Å². The molecule has 0 aliphatic rings. The summed E-state index contributed by atoms with van der Waals surface area (Å²) in [5, 5.41) is 5.23. The maximum absolute atomic E-state index is 12.5. The Kier molecular flexibility index (Phi) is 6.01. The second-order valence-corrected chi connectivity index (χ2v) is 6.22. The quantitative estimate of drug-likeness (QED) is 0.620. The van der Waals surface area contributed by atoms with Crippen LogP contribution in [0, 0.1) is 0 Å². The number of carbonyl (C=O) groups excluding carboxylic acids is 2. The van der Waals surface area contributed by atoms with Gasteiger partial charge in [0.25, 0.3) is 11.8 Å². The molecule has 5 nitrogen and oxygen atoms in total. The Bertz CT molecular complexity index is 964. The summed E-state index contributed by atoms with van der Waals surface area (Å²) in [4.78, 5) is 24.1. The molecule has 2 aromatic carbocycles. The number of benzene rings is 2. The van der Waals surface area contributed by atoms with Crippen molar-refractivity contribution >= 4 is 11.8 Å². The van der Waals surface area contributed by atoms with Crippen molar-refractivity contribution in [3.8, 4) is 5.69 Å². The predicted molar refractivity (Wildman–Crippen MR) is 102 cm³/mol. The Morgan fingerprint density at radius 3 is 1.66 bits per heavy atom. The fraction of sp³-hybridized carbons (Fsp3) is 0.143. The van der Waals surface area contributed by atoms with E-state index >= 15 is 0 Å². The SMILES string of the molecule is O=C(NCCNC(=O)c1ccc(C(F)(F)F)cc1)c1ccc(-n2cccc2)cc1. The van der Waals surface area contributed by atoms with Crippen LogP contribution in [0.5, 0.6) is 0 Å². The van der Waals surface area contributed by atoms with Gasteiger partial charge in [0, 0.05) is 42.3 Å². The van der Waals surface area contributed by atoms with Crippen molar-refractivity contribution in [2.75, 3.05) is 13.1 Å². The van der Waals surface area contributed by atoms with Crippen molar-refractivity contribution in [2.24, 2.45) is 0 Å². The van der Waals surface area contributed by atoms with E-state index in [0.717, 1.165) is 30.0 Å². The summed E-state index contributed by atoms with van der Waals surface area (Å²) in [6.45, 7) is 0.331. The average molecular weight is 401 g/mol. The zero-order valence-electron chi connectivity index (χ0n) is 15.2. The number of alkyl halides is 3. The summed E-state index contributed by atoms with van der Waals surface area (Å²) in [5.41, 5.74) is 0.708. The monoisotopic (exact) mass is 401 g/mol. The van der Waals surface area contributed by atoms with Gasteiger partial charge in [0.1, 0.15) is 0 Å². The fourth-order valence-electron chi connectivity index (χ4n) is 2.66. The standard InChI is InChI=1S/C21H18F3N3O2/c22-21(23,24)17-7-3-15(4-8-17)19(28)25-11-12-26-20(29)16-5-9-18(10-6-16)27-13-1-2-14-27/h1-10,13-14H,11-12H2,(H,25,28)(H,26,29). The predicted octanol–water partition coefficient (Wildman–Crippen LogP) is 3.66. The third-order valence-electron chi connectivity index (χ3n) is 4.20. The van der Waals surface area contributed by atoms with Crippen LogP contribution < -0.4 is 10.6 Å². The summed E-state index contributed by atoms with van der Waals surface area (Å²) in [6, 6.07) is 14.8. The fourth-order valence-corrected chi connectivity index (χ4v) is 2.66. The molecule has 0 aliphatic heterocycles. The second kappa shape index (κ2) is 8.64. The van der Waals surface area contributed by atoms with Crippen molar-refractivity contribution in [3.05, 3.63) is 89.7 Å². The minimum absolute atomic E-state index is 0.116. The number of hydrogen-bond acceptors (Lipinski definition) is 2. The molecule has 0 spiro atoms. The van der Waals surface area contributed by atoms with Gasteiger partial charge in [-0.25, -0.2) is 0 Å². The van der Waals surface area contributed by atoms with E-state index in [1.54, 1.807) is 12.1 Å². The van der Waals surface area contributed by atoms with Crippen LogP contribution in [0.1, 0.15) is 26.3 Å². The Hall–Kier alpha value is -3.55. The number of nitrogens with zero attached hydrogens (tertiary/aromatic N) is 1. The highest BCUT2D eigenvalue weighted by Gasteiger charge is 2.30. The first-order chi connectivity index (χ1) is 13.8. The van der Waals surface area contributed by atoms with Gasteiger partial charge in [0.2, 0.25) is 0 Å². The van der Waals surface area contributed by atoms with E-state index in [1.165, 1.54) is 0 Å². The Balaban J connectivity index is 1.45. The number of rotatable bonds is 6. The van der Waals surface area contributed by atoms with E-state index in [4.69, 9.17) is 0 Å². The topological polar surface area (TPSA) is 63.1 Å². The maximum Gasteiger partial charge on any atom is 0.416 e. The summed E-state index contributed by atoms with van der Waals surface area (Å²) in [7, 11) is 0. The normalized spacial score (nSPS) is 11.1. The molecule has 2 amide bonds. The van der Waals surface area contributed by atoms with Crippen LogP contribution in [0.2, 0.25) is 0 Å². The van der Waals surface area contributed by atoms with Gasteiger partial charge >= 0.3 is 6.18 Å². The van der Waals surface area contributed by atoms with Crippen molar-refractivity contribution in [2.45, 2.75) is 6.18 Å². The molecule has 0 saturated carbocycles. The zero-order valence-corrected chi connectivity index (χ0v) is 15.2. The highest BCUT2D eigenvalue weighted by Crippen LogP contribution is 2.29. The molecule has 0 atom stereocenters. The molecule has 0 bridgehead atoms. The van der Waals surface area contributed by atoms with Gasteiger partial charge in [-0.3, -0.25) is 9.59 Å². The van der Waals surface area contributed by atoms with Crippen LogP contribution in [0.25, 0.3) is 5.69 Å². The summed E-state index contributed by atoms with van der Waals surface area (Å²) in [5.74, 6) is -0.795. The highest BCUT2D eigenvalue weighted by molar-refractivity contribution is 5.95. The molecule has 0 saturated heterocycles. The first-order valence-electron chi connectivity index (χ1n) is 8.82. The molecule has 1 heterocycles. The maximum atomic E-state index is 12.5. The molecular formula is C21H18F3N3O2.